The Hall–Kier alpha value is -1.88. The third-order valence-corrected chi connectivity index (χ3v) is 3.09. The average Bonchev–Trinajstić information content (AvgIpc) is 2.50. The van der Waals surface area contributed by atoms with Gasteiger partial charge in [0.25, 0.3) is 0 Å². The fourth-order valence-corrected chi connectivity index (χ4v) is 1.83. The first-order chi connectivity index (χ1) is 9.58. The molecular weight excluding hydrogens is 258 g/mol. The summed E-state index contributed by atoms with van der Waals surface area (Å²) in [4.78, 5) is 23.2. The first-order valence-corrected chi connectivity index (χ1v) is 6.62. The number of hydrogen-bond acceptors (Lipinski definition) is 5. The Balaban J connectivity index is 2.44. The molecule has 0 saturated heterocycles. The maximum atomic E-state index is 11.8. The van der Waals surface area contributed by atoms with Crippen LogP contribution in [0, 0.1) is 5.92 Å². The van der Waals surface area contributed by atoms with Gasteiger partial charge in [-0.25, -0.2) is 0 Å². The second-order valence-corrected chi connectivity index (χ2v) is 4.56. The lowest BCUT2D eigenvalue weighted by atomic mass is 9.98. The van der Waals surface area contributed by atoms with Crippen molar-refractivity contribution in [2.75, 3.05) is 7.11 Å². The van der Waals surface area contributed by atoms with Gasteiger partial charge >= 0.3 is 11.9 Å². The van der Waals surface area contributed by atoms with Gasteiger partial charge < -0.3 is 15.2 Å². The third kappa shape index (κ3) is 5.01. The number of esters is 2. The van der Waals surface area contributed by atoms with Crippen LogP contribution in [-0.4, -0.2) is 25.1 Å². The molecule has 0 heterocycles. The van der Waals surface area contributed by atoms with Crippen molar-refractivity contribution in [2.24, 2.45) is 11.7 Å². The van der Waals surface area contributed by atoms with Gasteiger partial charge in [0, 0.05) is 0 Å². The van der Waals surface area contributed by atoms with E-state index in [0.29, 0.717) is 6.42 Å². The normalized spacial score (nSPS) is 13.3. The van der Waals surface area contributed by atoms with Crippen molar-refractivity contribution in [3.63, 3.8) is 0 Å². The summed E-state index contributed by atoms with van der Waals surface area (Å²) in [6, 6.07) is 8.53. The summed E-state index contributed by atoms with van der Waals surface area (Å²) in [5.74, 6) is -1.23. The minimum Gasteiger partial charge on any atom is -0.469 e. The molecule has 0 spiro atoms. The molecule has 0 aliphatic heterocycles. The van der Waals surface area contributed by atoms with Crippen LogP contribution in [0.5, 0.6) is 0 Å². The lowest BCUT2D eigenvalue weighted by Crippen LogP contribution is -2.36. The van der Waals surface area contributed by atoms with Crippen LogP contribution in [0.1, 0.15) is 25.3 Å². The summed E-state index contributed by atoms with van der Waals surface area (Å²) >= 11 is 0. The highest BCUT2D eigenvalue weighted by Crippen LogP contribution is 2.13. The number of nitrogens with two attached hydrogens (primary N) is 1. The number of carbonyl (C=O) groups is 2. The van der Waals surface area contributed by atoms with Gasteiger partial charge in [-0.3, -0.25) is 9.59 Å². The Bertz CT molecular complexity index is 433. The first-order valence-electron chi connectivity index (χ1n) is 6.62. The number of carbonyl (C=O) groups excluding carboxylic acids is 2. The first kappa shape index (κ1) is 16.2. The van der Waals surface area contributed by atoms with E-state index in [-0.39, 0.29) is 24.9 Å². The molecule has 2 atom stereocenters. The number of hydrogen-bond donors (Lipinski definition) is 1. The zero-order valence-corrected chi connectivity index (χ0v) is 11.9. The molecule has 110 valence electrons. The van der Waals surface area contributed by atoms with Crippen LogP contribution in [0.15, 0.2) is 30.3 Å². The molecule has 0 unspecified atom stereocenters. The molecule has 0 bridgehead atoms. The molecule has 0 fully saturated rings. The van der Waals surface area contributed by atoms with Crippen LogP contribution in [-0.2, 0) is 25.7 Å². The molecule has 5 nitrogen and oxygen atoms in total. The second kappa shape index (κ2) is 8.32. The van der Waals surface area contributed by atoms with Gasteiger partial charge in [-0.1, -0.05) is 37.3 Å². The lowest BCUT2D eigenvalue weighted by molar-refractivity contribution is -0.149. The van der Waals surface area contributed by atoms with Crippen LogP contribution >= 0.6 is 0 Å². The van der Waals surface area contributed by atoms with Gasteiger partial charge in [0.1, 0.15) is 12.6 Å². The summed E-state index contributed by atoms with van der Waals surface area (Å²) < 4.78 is 9.80. The minimum absolute atomic E-state index is 0.183. The summed E-state index contributed by atoms with van der Waals surface area (Å²) in [7, 11) is 1.32. The fraction of sp³-hybridized carbons (Fsp3) is 0.467. The number of ether oxygens (including phenoxy) is 2. The Labute approximate surface area is 119 Å². The smallest absolute Gasteiger partial charge is 0.323 e. The molecule has 0 amide bonds. The molecule has 2 N–H and O–H groups in total. The molecule has 1 aromatic rings. The van der Waals surface area contributed by atoms with E-state index in [1.807, 2.05) is 37.3 Å². The van der Waals surface area contributed by atoms with E-state index >= 15 is 0 Å². The summed E-state index contributed by atoms with van der Waals surface area (Å²) in [6.45, 7) is 2.03. The van der Waals surface area contributed by atoms with Crippen LogP contribution in [0.25, 0.3) is 0 Å². The quantitative estimate of drug-likeness (QED) is 0.768. The SMILES string of the molecule is CC[C@@H](C[C@H](N)C(=O)OCc1ccccc1)C(=O)OC. The van der Waals surface area contributed by atoms with Crippen molar-refractivity contribution >= 4 is 11.9 Å². The largest absolute Gasteiger partial charge is 0.469 e. The molecule has 0 saturated carbocycles. The Kier molecular flexibility index (Phi) is 6.73. The Morgan fingerprint density at radius 2 is 1.85 bits per heavy atom. The third-order valence-electron chi connectivity index (χ3n) is 3.09. The van der Waals surface area contributed by atoms with Crippen molar-refractivity contribution in [3.05, 3.63) is 35.9 Å². The van der Waals surface area contributed by atoms with Crippen molar-refractivity contribution < 1.29 is 19.1 Å². The monoisotopic (exact) mass is 279 g/mol. The standard InChI is InChI=1S/C15H21NO4/c1-3-12(14(17)19-2)9-13(16)15(18)20-10-11-7-5-4-6-8-11/h4-8,12-13H,3,9-10,16H2,1-2H3/t12-,13-/m0/s1. The minimum atomic E-state index is -0.817. The zero-order chi connectivity index (χ0) is 15.0. The van der Waals surface area contributed by atoms with E-state index in [1.54, 1.807) is 0 Å². The van der Waals surface area contributed by atoms with Gasteiger partial charge in [0.05, 0.1) is 13.0 Å². The van der Waals surface area contributed by atoms with Crippen LogP contribution < -0.4 is 5.73 Å². The van der Waals surface area contributed by atoms with Gasteiger partial charge in [0.2, 0.25) is 0 Å². The maximum absolute atomic E-state index is 11.8. The Morgan fingerprint density at radius 3 is 2.40 bits per heavy atom. The number of benzene rings is 1. The summed E-state index contributed by atoms with van der Waals surface area (Å²) in [6.07, 6.45) is 0.809. The molecule has 0 aliphatic rings. The van der Waals surface area contributed by atoms with Crippen molar-refractivity contribution in [1.29, 1.82) is 0 Å². The molecular formula is C15H21NO4. The van der Waals surface area contributed by atoms with E-state index in [4.69, 9.17) is 10.5 Å². The number of methoxy groups -OCH3 is 1. The Morgan fingerprint density at radius 1 is 1.20 bits per heavy atom. The van der Waals surface area contributed by atoms with E-state index < -0.39 is 12.0 Å². The highest BCUT2D eigenvalue weighted by Gasteiger charge is 2.25. The highest BCUT2D eigenvalue weighted by atomic mass is 16.5. The topological polar surface area (TPSA) is 78.6 Å². The van der Waals surface area contributed by atoms with Crippen molar-refractivity contribution in [2.45, 2.75) is 32.4 Å². The predicted molar refractivity (Wildman–Crippen MR) is 74.6 cm³/mol. The van der Waals surface area contributed by atoms with E-state index in [2.05, 4.69) is 4.74 Å². The lowest BCUT2D eigenvalue weighted by Gasteiger charge is -2.16. The summed E-state index contributed by atoms with van der Waals surface area (Å²) in [5.41, 5.74) is 6.66. The molecule has 0 aliphatic carbocycles. The zero-order valence-electron chi connectivity index (χ0n) is 11.9. The molecule has 1 aromatic carbocycles. The average molecular weight is 279 g/mol. The number of rotatable bonds is 7. The van der Waals surface area contributed by atoms with Crippen molar-refractivity contribution in [3.8, 4) is 0 Å². The molecule has 5 heteroatoms. The van der Waals surface area contributed by atoms with Crippen molar-refractivity contribution in [1.82, 2.24) is 0 Å². The van der Waals surface area contributed by atoms with Crippen LogP contribution in [0.3, 0.4) is 0 Å². The molecule has 0 radical (unpaired) electrons. The van der Waals surface area contributed by atoms with Gasteiger partial charge in [-0.2, -0.15) is 0 Å². The van der Waals surface area contributed by atoms with E-state index in [0.717, 1.165) is 5.56 Å². The van der Waals surface area contributed by atoms with Gasteiger partial charge in [-0.05, 0) is 18.4 Å². The fourth-order valence-electron chi connectivity index (χ4n) is 1.83. The van der Waals surface area contributed by atoms with Gasteiger partial charge in [-0.15, -0.1) is 0 Å². The van der Waals surface area contributed by atoms with E-state index in [1.165, 1.54) is 7.11 Å². The molecule has 0 aromatic heterocycles. The van der Waals surface area contributed by atoms with Gasteiger partial charge in [0.15, 0.2) is 0 Å². The van der Waals surface area contributed by atoms with Crippen LogP contribution in [0.4, 0.5) is 0 Å². The second-order valence-electron chi connectivity index (χ2n) is 4.56. The molecule has 1 rings (SSSR count). The predicted octanol–water partition coefficient (Wildman–Crippen LogP) is 1.65. The summed E-state index contributed by atoms with van der Waals surface area (Å²) in [5, 5.41) is 0. The van der Waals surface area contributed by atoms with Crippen LogP contribution in [0.2, 0.25) is 0 Å². The highest BCUT2D eigenvalue weighted by molar-refractivity contribution is 5.78. The maximum Gasteiger partial charge on any atom is 0.323 e. The van der Waals surface area contributed by atoms with E-state index in [9.17, 15) is 9.59 Å². The molecule has 20 heavy (non-hydrogen) atoms.